The number of nitrogens with one attached hydrogen (secondary N) is 1. The van der Waals surface area contributed by atoms with Gasteiger partial charge in [0.1, 0.15) is 0 Å². The number of aryl methyl sites for hydroxylation is 1. The van der Waals surface area contributed by atoms with Gasteiger partial charge in [-0.15, -0.1) is 11.8 Å². The number of rotatable bonds is 4. The van der Waals surface area contributed by atoms with Gasteiger partial charge in [-0.1, -0.05) is 29.8 Å². The molecule has 1 N–H and O–H groups in total. The molecule has 0 amide bonds. The topological polar surface area (TPSA) is 51.0 Å². The molecule has 2 atom stereocenters. The average molecular weight is 289 g/mol. The van der Waals surface area contributed by atoms with Gasteiger partial charge in [-0.2, -0.15) is 4.98 Å². The largest absolute Gasteiger partial charge is 0.339 e. The van der Waals surface area contributed by atoms with E-state index in [-0.39, 0.29) is 0 Å². The summed E-state index contributed by atoms with van der Waals surface area (Å²) in [6.07, 6.45) is 0. The van der Waals surface area contributed by atoms with Crippen LogP contribution in [-0.2, 0) is 5.75 Å². The molecular weight excluding hydrogens is 270 g/mol. The lowest BCUT2D eigenvalue weighted by atomic mass is 9.98. The van der Waals surface area contributed by atoms with Crippen molar-refractivity contribution in [2.75, 3.05) is 13.1 Å². The molecule has 1 saturated heterocycles. The summed E-state index contributed by atoms with van der Waals surface area (Å²) in [5.41, 5.74) is 1.27. The predicted octanol–water partition coefficient (Wildman–Crippen LogP) is 2.99. The van der Waals surface area contributed by atoms with Crippen molar-refractivity contribution >= 4 is 11.8 Å². The van der Waals surface area contributed by atoms with Gasteiger partial charge in [0.15, 0.2) is 5.82 Å². The maximum atomic E-state index is 5.42. The maximum Gasteiger partial charge on any atom is 0.231 e. The minimum Gasteiger partial charge on any atom is -0.339 e. The molecule has 3 rings (SSSR count). The van der Waals surface area contributed by atoms with Crippen LogP contribution in [0.3, 0.4) is 0 Å². The molecule has 1 aliphatic rings. The molecule has 1 fully saturated rings. The van der Waals surface area contributed by atoms with Gasteiger partial charge in [0, 0.05) is 11.4 Å². The van der Waals surface area contributed by atoms with E-state index in [1.807, 2.05) is 0 Å². The van der Waals surface area contributed by atoms with Crippen molar-refractivity contribution in [3.8, 4) is 0 Å². The van der Waals surface area contributed by atoms with Crippen LogP contribution < -0.4 is 5.32 Å². The first-order chi connectivity index (χ1) is 9.72. The van der Waals surface area contributed by atoms with Crippen LogP contribution in [0.25, 0.3) is 0 Å². The Balaban J connectivity index is 1.63. The quantitative estimate of drug-likeness (QED) is 0.877. The van der Waals surface area contributed by atoms with Crippen molar-refractivity contribution in [2.24, 2.45) is 5.92 Å². The Bertz CT molecular complexity index is 584. The average Bonchev–Trinajstić information content (AvgIpc) is 3.05. The van der Waals surface area contributed by atoms with Crippen LogP contribution in [0.5, 0.6) is 0 Å². The van der Waals surface area contributed by atoms with Crippen molar-refractivity contribution in [3.63, 3.8) is 0 Å². The van der Waals surface area contributed by atoms with Gasteiger partial charge >= 0.3 is 0 Å². The fourth-order valence-electron chi connectivity index (χ4n) is 2.47. The van der Waals surface area contributed by atoms with E-state index in [9.17, 15) is 0 Å². The third-order valence-corrected chi connectivity index (χ3v) is 4.67. The number of nitrogens with zero attached hydrogens (tertiary/aromatic N) is 2. The van der Waals surface area contributed by atoms with Crippen LogP contribution in [-0.4, -0.2) is 23.2 Å². The van der Waals surface area contributed by atoms with Gasteiger partial charge in [0.25, 0.3) is 0 Å². The molecule has 0 bridgehead atoms. The molecule has 2 unspecified atom stereocenters. The lowest BCUT2D eigenvalue weighted by Gasteiger charge is -2.07. The van der Waals surface area contributed by atoms with Crippen LogP contribution in [0.15, 0.2) is 33.7 Å². The molecule has 0 spiro atoms. The highest BCUT2D eigenvalue weighted by atomic mass is 32.2. The molecule has 106 valence electrons. The van der Waals surface area contributed by atoms with Gasteiger partial charge in [-0.05, 0) is 31.5 Å². The normalized spacial score (nSPS) is 22.3. The predicted molar refractivity (Wildman–Crippen MR) is 79.8 cm³/mol. The lowest BCUT2D eigenvalue weighted by Crippen LogP contribution is -2.08. The van der Waals surface area contributed by atoms with E-state index in [0.29, 0.717) is 11.8 Å². The molecule has 1 aliphatic heterocycles. The molecule has 2 aromatic rings. The third kappa shape index (κ3) is 3.04. The summed E-state index contributed by atoms with van der Waals surface area (Å²) >= 11 is 1.74. The zero-order chi connectivity index (χ0) is 13.9. The van der Waals surface area contributed by atoms with Crippen molar-refractivity contribution in [1.82, 2.24) is 15.5 Å². The van der Waals surface area contributed by atoms with E-state index in [1.54, 1.807) is 11.8 Å². The molecule has 0 saturated carbocycles. The summed E-state index contributed by atoms with van der Waals surface area (Å²) in [7, 11) is 0. The van der Waals surface area contributed by atoms with Gasteiger partial charge in [0.05, 0.1) is 11.7 Å². The third-order valence-electron chi connectivity index (χ3n) is 3.68. The molecule has 1 aromatic carbocycles. The second-order valence-corrected chi connectivity index (χ2v) is 6.44. The number of aromatic nitrogens is 2. The van der Waals surface area contributed by atoms with Crippen LogP contribution in [0.4, 0.5) is 0 Å². The molecule has 0 radical (unpaired) electrons. The molecule has 4 nitrogen and oxygen atoms in total. The Morgan fingerprint density at radius 2 is 2.30 bits per heavy atom. The van der Waals surface area contributed by atoms with E-state index in [4.69, 9.17) is 4.52 Å². The molecule has 5 heteroatoms. The van der Waals surface area contributed by atoms with E-state index in [2.05, 4.69) is 53.6 Å². The van der Waals surface area contributed by atoms with Crippen LogP contribution >= 0.6 is 11.8 Å². The maximum absolute atomic E-state index is 5.42. The lowest BCUT2D eigenvalue weighted by molar-refractivity contribution is 0.337. The first kappa shape index (κ1) is 13.6. The standard InChI is InChI=1S/C15H19N3OS/c1-10-4-3-5-12(6-10)20-9-14-17-15(19-18-14)13-8-16-7-11(13)2/h3-6,11,13,16H,7-9H2,1-2H3. The van der Waals surface area contributed by atoms with Crippen molar-refractivity contribution in [2.45, 2.75) is 30.4 Å². The molecule has 20 heavy (non-hydrogen) atoms. The second kappa shape index (κ2) is 5.97. The van der Waals surface area contributed by atoms with Crippen molar-refractivity contribution < 1.29 is 4.52 Å². The minimum atomic E-state index is 0.361. The fraction of sp³-hybridized carbons (Fsp3) is 0.467. The van der Waals surface area contributed by atoms with E-state index >= 15 is 0 Å². The smallest absolute Gasteiger partial charge is 0.231 e. The van der Waals surface area contributed by atoms with Gasteiger partial charge in [-0.25, -0.2) is 0 Å². The summed E-state index contributed by atoms with van der Waals surface area (Å²) in [6.45, 7) is 6.29. The summed E-state index contributed by atoms with van der Waals surface area (Å²) < 4.78 is 5.42. The summed E-state index contributed by atoms with van der Waals surface area (Å²) in [6, 6.07) is 8.46. The number of thioether (sulfide) groups is 1. The Labute approximate surface area is 123 Å². The van der Waals surface area contributed by atoms with E-state index in [0.717, 1.165) is 30.6 Å². The highest BCUT2D eigenvalue weighted by Crippen LogP contribution is 2.27. The van der Waals surface area contributed by atoms with E-state index < -0.39 is 0 Å². The Morgan fingerprint density at radius 3 is 3.05 bits per heavy atom. The van der Waals surface area contributed by atoms with Gasteiger partial charge in [0.2, 0.25) is 5.89 Å². The van der Waals surface area contributed by atoms with Crippen molar-refractivity contribution in [3.05, 3.63) is 41.5 Å². The zero-order valence-electron chi connectivity index (χ0n) is 11.8. The Morgan fingerprint density at radius 1 is 1.40 bits per heavy atom. The van der Waals surface area contributed by atoms with Gasteiger partial charge < -0.3 is 9.84 Å². The van der Waals surface area contributed by atoms with E-state index in [1.165, 1.54) is 10.5 Å². The first-order valence-electron chi connectivity index (χ1n) is 6.95. The second-order valence-electron chi connectivity index (χ2n) is 5.40. The zero-order valence-corrected chi connectivity index (χ0v) is 12.6. The van der Waals surface area contributed by atoms with Gasteiger partial charge in [-0.3, -0.25) is 0 Å². The van der Waals surface area contributed by atoms with Crippen LogP contribution in [0, 0.1) is 12.8 Å². The molecule has 0 aliphatic carbocycles. The number of hydrogen-bond donors (Lipinski definition) is 1. The molecule has 1 aromatic heterocycles. The number of benzene rings is 1. The Kier molecular flexibility index (Phi) is 4.08. The summed E-state index contributed by atoms with van der Waals surface area (Å²) in [4.78, 5) is 5.78. The Hall–Kier alpha value is -1.33. The molecule has 2 heterocycles. The van der Waals surface area contributed by atoms with Crippen LogP contribution in [0.1, 0.15) is 30.1 Å². The number of hydrogen-bond acceptors (Lipinski definition) is 5. The van der Waals surface area contributed by atoms with Crippen LogP contribution in [0.2, 0.25) is 0 Å². The minimum absolute atomic E-state index is 0.361. The highest BCUT2D eigenvalue weighted by molar-refractivity contribution is 7.98. The summed E-state index contributed by atoms with van der Waals surface area (Å²) in [5, 5.41) is 7.46. The fourth-order valence-corrected chi connectivity index (χ4v) is 3.33. The van der Waals surface area contributed by atoms with Crippen molar-refractivity contribution in [1.29, 1.82) is 0 Å². The highest BCUT2D eigenvalue weighted by Gasteiger charge is 2.29. The monoisotopic (exact) mass is 289 g/mol. The molecular formula is C15H19N3OS. The first-order valence-corrected chi connectivity index (χ1v) is 7.93. The SMILES string of the molecule is Cc1cccc(SCc2noc(C3CNCC3C)n2)c1. The summed E-state index contributed by atoms with van der Waals surface area (Å²) in [5.74, 6) is 3.24.